The molecule has 0 saturated carbocycles. The molecule has 1 saturated heterocycles. The number of aromatic hydroxyl groups is 1. The highest BCUT2D eigenvalue weighted by atomic mass is 16.5. The third-order valence-electron chi connectivity index (χ3n) is 4.29. The molecular weight excluding hydrogens is 332 g/mol. The van der Waals surface area contributed by atoms with Crippen LogP contribution in [-0.4, -0.2) is 42.4 Å². The van der Waals surface area contributed by atoms with Gasteiger partial charge in [-0.15, -0.1) is 0 Å². The Kier molecular flexibility index (Phi) is 5.96. The summed E-state index contributed by atoms with van der Waals surface area (Å²) in [5.74, 6) is 0.873. The molecule has 1 unspecified atom stereocenters. The lowest BCUT2D eigenvalue weighted by atomic mass is 10.2. The summed E-state index contributed by atoms with van der Waals surface area (Å²) in [4.78, 5) is 13.9. The highest BCUT2D eigenvalue weighted by molar-refractivity contribution is 5.89. The molecule has 138 valence electrons. The second-order valence-corrected chi connectivity index (χ2v) is 6.39. The van der Waals surface area contributed by atoms with E-state index in [0.717, 1.165) is 19.4 Å². The van der Waals surface area contributed by atoms with Crippen molar-refractivity contribution in [3.8, 4) is 11.5 Å². The van der Waals surface area contributed by atoms with E-state index in [2.05, 4.69) is 5.32 Å². The zero-order valence-electron chi connectivity index (χ0n) is 14.9. The van der Waals surface area contributed by atoms with Gasteiger partial charge in [-0.1, -0.05) is 24.3 Å². The SMILES string of the molecule is CN(Cc1ccccc1O)C(=O)Nc1cccc(OCC2CCCO2)c1. The van der Waals surface area contributed by atoms with Crippen LogP contribution in [0.3, 0.4) is 0 Å². The predicted octanol–water partition coefficient (Wildman–Crippen LogP) is 3.61. The summed E-state index contributed by atoms with van der Waals surface area (Å²) in [7, 11) is 1.68. The first kappa shape index (κ1) is 18.1. The van der Waals surface area contributed by atoms with E-state index >= 15 is 0 Å². The van der Waals surface area contributed by atoms with E-state index in [0.29, 0.717) is 30.2 Å². The number of urea groups is 1. The van der Waals surface area contributed by atoms with Gasteiger partial charge in [0.1, 0.15) is 18.1 Å². The smallest absolute Gasteiger partial charge is 0.321 e. The molecule has 1 fully saturated rings. The van der Waals surface area contributed by atoms with Crippen molar-refractivity contribution in [3.63, 3.8) is 0 Å². The minimum Gasteiger partial charge on any atom is -0.508 e. The molecule has 6 nitrogen and oxygen atoms in total. The van der Waals surface area contributed by atoms with Crippen LogP contribution in [0.5, 0.6) is 11.5 Å². The Balaban J connectivity index is 1.54. The number of ether oxygens (including phenoxy) is 2. The molecule has 0 spiro atoms. The topological polar surface area (TPSA) is 71.0 Å². The number of carbonyl (C=O) groups is 1. The van der Waals surface area contributed by atoms with E-state index in [1.165, 1.54) is 4.90 Å². The molecule has 2 aromatic rings. The van der Waals surface area contributed by atoms with Crippen molar-refractivity contribution in [2.75, 3.05) is 25.6 Å². The minimum atomic E-state index is -0.260. The summed E-state index contributed by atoms with van der Waals surface area (Å²) >= 11 is 0. The highest BCUT2D eigenvalue weighted by Gasteiger charge is 2.16. The number of amides is 2. The average Bonchev–Trinajstić information content (AvgIpc) is 3.16. The normalized spacial score (nSPS) is 16.3. The number of nitrogens with zero attached hydrogens (tertiary/aromatic N) is 1. The van der Waals surface area contributed by atoms with Crippen molar-refractivity contribution in [2.24, 2.45) is 0 Å². The average molecular weight is 356 g/mol. The Hall–Kier alpha value is -2.73. The van der Waals surface area contributed by atoms with Crippen LogP contribution >= 0.6 is 0 Å². The monoisotopic (exact) mass is 356 g/mol. The van der Waals surface area contributed by atoms with Gasteiger partial charge in [0.2, 0.25) is 0 Å². The van der Waals surface area contributed by atoms with Gasteiger partial charge in [-0.05, 0) is 31.0 Å². The second-order valence-electron chi connectivity index (χ2n) is 6.39. The van der Waals surface area contributed by atoms with Crippen molar-refractivity contribution in [1.82, 2.24) is 4.90 Å². The fourth-order valence-corrected chi connectivity index (χ4v) is 2.82. The molecule has 0 radical (unpaired) electrons. The molecule has 2 N–H and O–H groups in total. The van der Waals surface area contributed by atoms with Gasteiger partial charge in [-0.2, -0.15) is 0 Å². The number of nitrogens with one attached hydrogen (secondary N) is 1. The predicted molar refractivity (Wildman–Crippen MR) is 99.5 cm³/mol. The lowest BCUT2D eigenvalue weighted by molar-refractivity contribution is 0.0680. The second kappa shape index (κ2) is 8.58. The van der Waals surface area contributed by atoms with Gasteiger partial charge in [0, 0.05) is 31.0 Å². The highest BCUT2D eigenvalue weighted by Crippen LogP contribution is 2.21. The number of phenolic OH excluding ortho intramolecular Hbond substituents is 1. The zero-order chi connectivity index (χ0) is 18.4. The van der Waals surface area contributed by atoms with Crippen LogP contribution in [0, 0.1) is 0 Å². The first-order valence-corrected chi connectivity index (χ1v) is 8.75. The number of anilines is 1. The van der Waals surface area contributed by atoms with E-state index in [1.54, 1.807) is 31.3 Å². The summed E-state index contributed by atoms with van der Waals surface area (Å²) in [6.07, 6.45) is 2.25. The van der Waals surface area contributed by atoms with Gasteiger partial charge in [0.25, 0.3) is 0 Å². The van der Waals surface area contributed by atoms with Gasteiger partial charge in [0.15, 0.2) is 0 Å². The van der Waals surface area contributed by atoms with Crippen molar-refractivity contribution in [3.05, 3.63) is 54.1 Å². The van der Waals surface area contributed by atoms with Crippen molar-refractivity contribution in [2.45, 2.75) is 25.5 Å². The summed E-state index contributed by atoms with van der Waals surface area (Å²) in [6, 6.07) is 14.0. The fourth-order valence-electron chi connectivity index (χ4n) is 2.82. The van der Waals surface area contributed by atoms with Crippen molar-refractivity contribution < 1.29 is 19.4 Å². The number of para-hydroxylation sites is 1. The largest absolute Gasteiger partial charge is 0.508 e. The molecule has 1 atom stereocenters. The van der Waals surface area contributed by atoms with Crippen LogP contribution in [0.2, 0.25) is 0 Å². The Labute approximate surface area is 153 Å². The molecular formula is C20H24N2O4. The molecule has 1 heterocycles. The Morgan fingerprint density at radius 2 is 2.15 bits per heavy atom. The molecule has 2 aromatic carbocycles. The summed E-state index contributed by atoms with van der Waals surface area (Å²) < 4.78 is 11.3. The number of hydrogen-bond donors (Lipinski definition) is 2. The minimum absolute atomic E-state index is 0.151. The Morgan fingerprint density at radius 1 is 1.31 bits per heavy atom. The van der Waals surface area contributed by atoms with Crippen molar-refractivity contribution in [1.29, 1.82) is 0 Å². The molecule has 2 amide bonds. The van der Waals surface area contributed by atoms with Crippen LogP contribution in [-0.2, 0) is 11.3 Å². The molecule has 3 rings (SSSR count). The molecule has 0 aliphatic carbocycles. The number of phenols is 1. The lowest BCUT2D eigenvalue weighted by Crippen LogP contribution is -2.30. The maximum atomic E-state index is 12.4. The third-order valence-corrected chi connectivity index (χ3v) is 4.29. The summed E-state index contributed by atoms with van der Waals surface area (Å²) in [5.41, 5.74) is 1.35. The van der Waals surface area contributed by atoms with Gasteiger partial charge < -0.3 is 24.8 Å². The zero-order valence-corrected chi connectivity index (χ0v) is 14.9. The van der Waals surface area contributed by atoms with Gasteiger partial charge >= 0.3 is 6.03 Å². The van der Waals surface area contributed by atoms with Crippen LogP contribution in [0.1, 0.15) is 18.4 Å². The van der Waals surface area contributed by atoms with E-state index in [9.17, 15) is 9.90 Å². The van der Waals surface area contributed by atoms with Gasteiger partial charge in [0.05, 0.1) is 12.6 Å². The quantitative estimate of drug-likeness (QED) is 0.829. The summed E-state index contributed by atoms with van der Waals surface area (Å²) in [5, 5.41) is 12.7. The van der Waals surface area contributed by atoms with E-state index in [4.69, 9.17) is 9.47 Å². The maximum absolute atomic E-state index is 12.4. The lowest BCUT2D eigenvalue weighted by Gasteiger charge is -2.19. The Bertz CT molecular complexity index is 744. The molecule has 0 bridgehead atoms. The van der Waals surface area contributed by atoms with Crippen LogP contribution < -0.4 is 10.1 Å². The van der Waals surface area contributed by atoms with Crippen LogP contribution in [0.4, 0.5) is 10.5 Å². The summed E-state index contributed by atoms with van der Waals surface area (Å²) in [6.45, 7) is 1.63. The molecule has 0 aromatic heterocycles. The van der Waals surface area contributed by atoms with Gasteiger partial charge in [-0.25, -0.2) is 4.79 Å². The molecule has 1 aliphatic rings. The first-order valence-electron chi connectivity index (χ1n) is 8.75. The maximum Gasteiger partial charge on any atom is 0.321 e. The number of hydrogen-bond acceptors (Lipinski definition) is 4. The number of benzene rings is 2. The molecule has 26 heavy (non-hydrogen) atoms. The number of carbonyl (C=O) groups excluding carboxylic acids is 1. The Morgan fingerprint density at radius 3 is 2.92 bits per heavy atom. The third kappa shape index (κ3) is 4.89. The number of rotatable bonds is 6. The standard InChI is InChI=1S/C20H24N2O4/c1-22(13-15-6-2-3-10-19(15)23)20(24)21-16-7-4-8-17(12-16)26-14-18-9-5-11-25-18/h2-4,6-8,10,12,18,23H,5,9,11,13-14H2,1H3,(H,21,24). The van der Waals surface area contributed by atoms with Crippen molar-refractivity contribution >= 4 is 11.7 Å². The fraction of sp³-hybridized carbons (Fsp3) is 0.350. The molecule has 6 heteroatoms. The van der Waals surface area contributed by atoms with Gasteiger partial charge in [-0.3, -0.25) is 0 Å². The van der Waals surface area contributed by atoms with E-state index < -0.39 is 0 Å². The first-order chi connectivity index (χ1) is 12.6. The van der Waals surface area contributed by atoms with E-state index in [1.807, 2.05) is 24.3 Å². The van der Waals surface area contributed by atoms with Crippen LogP contribution in [0.15, 0.2) is 48.5 Å². The molecule has 1 aliphatic heterocycles. The van der Waals surface area contributed by atoms with Crippen LogP contribution in [0.25, 0.3) is 0 Å². The van der Waals surface area contributed by atoms with E-state index in [-0.39, 0.29) is 17.9 Å².